The highest BCUT2D eigenvalue weighted by molar-refractivity contribution is 7.99. The van der Waals surface area contributed by atoms with Crippen LogP contribution in [0.1, 0.15) is 25.3 Å². The second-order valence-electron chi connectivity index (χ2n) is 6.65. The van der Waals surface area contributed by atoms with Gasteiger partial charge < -0.3 is 15.0 Å². The van der Waals surface area contributed by atoms with Gasteiger partial charge in [0, 0.05) is 31.8 Å². The van der Waals surface area contributed by atoms with Crippen LogP contribution in [0.15, 0.2) is 29.4 Å². The number of benzene rings is 1. The molecule has 0 bridgehead atoms. The fraction of sp³-hybridized carbons (Fsp3) is 0.556. The van der Waals surface area contributed by atoms with Crippen molar-refractivity contribution in [2.75, 3.05) is 27.2 Å². The first-order valence-electron chi connectivity index (χ1n) is 8.96. The molecule has 1 atom stereocenters. The van der Waals surface area contributed by atoms with Gasteiger partial charge in [0.25, 0.3) is 0 Å². The number of rotatable bonds is 11. The van der Waals surface area contributed by atoms with E-state index in [2.05, 4.69) is 37.9 Å². The molecule has 0 aliphatic heterocycles. The van der Waals surface area contributed by atoms with Crippen LogP contribution in [0.25, 0.3) is 0 Å². The van der Waals surface area contributed by atoms with Crippen molar-refractivity contribution >= 4 is 17.7 Å². The van der Waals surface area contributed by atoms with Crippen molar-refractivity contribution in [1.29, 1.82) is 0 Å². The molecule has 148 valence electrons. The molecule has 0 saturated carbocycles. The standard InChI is InChI=1S/C18H28N6O2S/c1-14(27-18-20-21-22-24(18)4)11-17(25)19-9-6-10-26-16-8-5-7-15(12-16)13-23(2)3/h5,7-8,12,14H,6,9-11,13H2,1-4H3,(H,19,25). The number of ether oxygens (including phenoxy) is 1. The first kappa shape index (κ1) is 21.2. The Labute approximate surface area is 164 Å². The third-order valence-corrected chi connectivity index (χ3v) is 4.80. The van der Waals surface area contributed by atoms with E-state index in [1.807, 2.05) is 33.2 Å². The summed E-state index contributed by atoms with van der Waals surface area (Å²) in [5.41, 5.74) is 1.22. The number of nitrogens with one attached hydrogen (secondary N) is 1. The minimum absolute atomic E-state index is 0.0260. The van der Waals surface area contributed by atoms with Gasteiger partial charge in [0.1, 0.15) is 5.75 Å². The quantitative estimate of drug-likeness (QED) is 0.460. The van der Waals surface area contributed by atoms with Crippen molar-refractivity contribution in [3.05, 3.63) is 29.8 Å². The van der Waals surface area contributed by atoms with E-state index in [4.69, 9.17) is 4.74 Å². The molecule has 1 unspecified atom stereocenters. The van der Waals surface area contributed by atoms with E-state index >= 15 is 0 Å². The molecule has 1 N–H and O–H groups in total. The lowest BCUT2D eigenvalue weighted by Crippen LogP contribution is -2.27. The number of amides is 1. The molecule has 1 aromatic carbocycles. The number of aryl methyl sites for hydroxylation is 1. The van der Waals surface area contributed by atoms with Gasteiger partial charge in [0.15, 0.2) is 0 Å². The summed E-state index contributed by atoms with van der Waals surface area (Å²) >= 11 is 1.49. The van der Waals surface area contributed by atoms with Crippen LogP contribution in [0, 0.1) is 0 Å². The summed E-state index contributed by atoms with van der Waals surface area (Å²) in [6.45, 7) is 4.04. The van der Waals surface area contributed by atoms with Gasteiger partial charge in [0.2, 0.25) is 11.1 Å². The molecule has 1 amide bonds. The Bertz CT molecular complexity index is 721. The average Bonchev–Trinajstić information content (AvgIpc) is 2.99. The molecule has 9 heteroatoms. The van der Waals surface area contributed by atoms with E-state index in [0.717, 1.165) is 18.7 Å². The number of tetrazole rings is 1. The summed E-state index contributed by atoms with van der Waals surface area (Å²) in [7, 11) is 5.87. The zero-order chi connectivity index (χ0) is 19.6. The summed E-state index contributed by atoms with van der Waals surface area (Å²) < 4.78 is 7.38. The third-order valence-electron chi connectivity index (χ3n) is 3.67. The van der Waals surface area contributed by atoms with Gasteiger partial charge >= 0.3 is 0 Å². The van der Waals surface area contributed by atoms with E-state index < -0.39 is 0 Å². The summed E-state index contributed by atoms with van der Waals surface area (Å²) in [6.07, 6.45) is 1.18. The topological polar surface area (TPSA) is 85.2 Å². The van der Waals surface area contributed by atoms with E-state index in [1.165, 1.54) is 17.3 Å². The molecule has 1 aromatic heterocycles. The first-order chi connectivity index (χ1) is 12.9. The Morgan fingerprint density at radius 3 is 2.93 bits per heavy atom. The Morgan fingerprint density at radius 1 is 1.41 bits per heavy atom. The van der Waals surface area contributed by atoms with Gasteiger partial charge in [-0.3, -0.25) is 4.79 Å². The molecule has 0 fully saturated rings. The molecular weight excluding hydrogens is 364 g/mol. The summed E-state index contributed by atoms with van der Waals surface area (Å²) in [5, 5.41) is 15.0. The van der Waals surface area contributed by atoms with Crippen LogP contribution in [0.3, 0.4) is 0 Å². The minimum Gasteiger partial charge on any atom is -0.494 e. The molecule has 1 heterocycles. The van der Waals surface area contributed by atoms with Crippen molar-refractivity contribution in [3.8, 4) is 5.75 Å². The lowest BCUT2D eigenvalue weighted by molar-refractivity contribution is -0.121. The van der Waals surface area contributed by atoms with Crippen molar-refractivity contribution in [1.82, 2.24) is 30.4 Å². The maximum absolute atomic E-state index is 12.0. The van der Waals surface area contributed by atoms with Crippen LogP contribution < -0.4 is 10.1 Å². The smallest absolute Gasteiger partial charge is 0.221 e. The van der Waals surface area contributed by atoms with Crippen LogP contribution in [0.4, 0.5) is 0 Å². The molecule has 27 heavy (non-hydrogen) atoms. The molecule has 0 spiro atoms. The van der Waals surface area contributed by atoms with E-state index in [9.17, 15) is 4.79 Å². The SMILES string of the molecule is CC(CC(=O)NCCCOc1cccc(CN(C)C)c1)Sc1nnnn1C. The third kappa shape index (κ3) is 7.96. The predicted octanol–water partition coefficient (Wildman–Crippen LogP) is 1.73. The van der Waals surface area contributed by atoms with E-state index in [0.29, 0.717) is 24.7 Å². The highest BCUT2D eigenvalue weighted by atomic mass is 32.2. The van der Waals surface area contributed by atoms with Crippen molar-refractivity contribution in [2.45, 2.75) is 36.7 Å². The average molecular weight is 393 g/mol. The van der Waals surface area contributed by atoms with Gasteiger partial charge in [-0.05, 0) is 48.6 Å². The molecule has 8 nitrogen and oxygen atoms in total. The van der Waals surface area contributed by atoms with Gasteiger partial charge in [-0.2, -0.15) is 0 Å². The molecule has 0 aliphatic carbocycles. The van der Waals surface area contributed by atoms with Crippen molar-refractivity contribution in [2.24, 2.45) is 7.05 Å². The van der Waals surface area contributed by atoms with Crippen LogP contribution in [-0.4, -0.2) is 63.5 Å². The number of carbonyl (C=O) groups excluding carboxylic acids is 1. The Kier molecular flexibility index (Phi) is 8.53. The number of aromatic nitrogens is 4. The van der Waals surface area contributed by atoms with Crippen LogP contribution >= 0.6 is 11.8 Å². The summed E-state index contributed by atoms with van der Waals surface area (Å²) in [4.78, 5) is 14.1. The van der Waals surface area contributed by atoms with Crippen molar-refractivity contribution in [3.63, 3.8) is 0 Å². The lowest BCUT2D eigenvalue weighted by atomic mass is 10.2. The fourth-order valence-electron chi connectivity index (χ4n) is 2.46. The van der Waals surface area contributed by atoms with Gasteiger partial charge in [-0.1, -0.05) is 30.8 Å². The molecular formula is C18H28N6O2S. The molecule has 0 aliphatic rings. The summed E-state index contributed by atoms with van der Waals surface area (Å²) in [5.74, 6) is 0.890. The molecule has 0 radical (unpaired) electrons. The zero-order valence-corrected chi connectivity index (χ0v) is 17.2. The number of hydrogen-bond donors (Lipinski definition) is 1. The molecule has 0 saturated heterocycles. The summed E-state index contributed by atoms with van der Waals surface area (Å²) in [6, 6.07) is 8.10. The first-order valence-corrected chi connectivity index (χ1v) is 9.84. The number of carbonyl (C=O) groups is 1. The number of nitrogens with zero attached hydrogens (tertiary/aromatic N) is 5. The lowest BCUT2D eigenvalue weighted by Gasteiger charge is -2.12. The number of hydrogen-bond acceptors (Lipinski definition) is 7. The second kappa shape index (κ2) is 10.9. The van der Waals surface area contributed by atoms with E-state index in [-0.39, 0.29) is 11.2 Å². The van der Waals surface area contributed by atoms with Gasteiger partial charge in [0.05, 0.1) is 6.61 Å². The maximum Gasteiger partial charge on any atom is 0.221 e. The van der Waals surface area contributed by atoms with Crippen LogP contribution in [0.5, 0.6) is 5.75 Å². The molecule has 2 aromatic rings. The van der Waals surface area contributed by atoms with E-state index in [1.54, 1.807) is 11.7 Å². The minimum atomic E-state index is 0.0260. The molecule has 2 rings (SSSR count). The normalized spacial score (nSPS) is 12.2. The zero-order valence-electron chi connectivity index (χ0n) is 16.4. The fourth-order valence-corrected chi connectivity index (χ4v) is 3.33. The van der Waals surface area contributed by atoms with Crippen LogP contribution in [-0.2, 0) is 18.4 Å². The predicted molar refractivity (Wildman–Crippen MR) is 106 cm³/mol. The highest BCUT2D eigenvalue weighted by Gasteiger charge is 2.13. The Balaban J connectivity index is 1.61. The van der Waals surface area contributed by atoms with Crippen LogP contribution in [0.2, 0.25) is 0 Å². The Hall–Kier alpha value is -2.13. The largest absolute Gasteiger partial charge is 0.494 e. The van der Waals surface area contributed by atoms with Gasteiger partial charge in [-0.15, -0.1) is 5.10 Å². The number of thioether (sulfide) groups is 1. The highest BCUT2D eigenvalue weighted by Crippen LogP contribution is 2.21. The maximum atomic E-state index is 12.0. The van der Waals surface area contributed by atoms with Crippen molar-refractivity contribution < 1.29 is 9.53 Å². The second-order valence-corrected chi connectivity index (χ2v) is 8.06. The Morgan fingerprint density at radius 2 is 2.22 bits per heavy atom. The monoisotopic (exact) mass is 392 g/mol. The van der Waals surface area contributed by atoms with Gasteiger partial charge in [-0.25, -0.2) is 4.68 Å².